The van der Waals surface area contributed by atoms with Crippen molar-refractivity contribution in [2.75, 3.05) is 13.1 Å². The Morgan fingerprint density at radius 2 is 2.06 bits per heavy atom. The summed E-state index contributed by atoms with van der Waals surface area (Å²) < 4.78 is 25.6. The summed E-state index contributed by atoms with van der Waals surface area (Å²) in [6.45, 7) is 2.12. The molecular formula is C10H13N3O4S. The molecule has 0 atom stereocenters. The Hall–Kier alpha value is -1.51. The van der Waals surface area contributed by atoms with Gasteiger partial charge in [-0.1, -0.05) is 0 Å². The normalized spacial score (nSPS) is 17.4. The van der Waals surface area contributed by atoms with E-state index >= 15 is 0 Å². The minimum absolute atomic E-state index is 0.0972. The molecule has 0 spiro atoms. The Balaban J connectivity index is 2.37. The van der Waals surface area contributed by atoms with Crippen molar-refractivity contribution in [2.24, 2.45) is 5.73 Å². The van der Waals surface area contributed by atoms with Crippen molar-refractivity contribution in [2.45, 2.75) is 17.9 Å². The molecule has 98 valence electrons. The molecule has 0 saturated carbocycles. The van der Waals surface area contributed by atoms with Gasteiger partial charge in [0, 0.05) is 31.3 Å². The second kappa shape index (κ2) is 4.30. The molecule has 1 saturated heterocycles. The molecular weight excluding hydrogens is 258 g/mol. The van der Waals surface area contributed by atoms with E-state index in [1.54, 1.807) is 6.92 Å². The third-order valence-corrected chi connectivity index (χ3v) is 4.86. The summed E-state index contributed by atoms with van der Waals surface area (Å²) in [7, 11) is -3.58. The molecule has 1 fully saturated rings. The predicted molar refractivity (Wildman–Crippen MR) is 64.6 cm³/mol. The van der Waals surface area contributed by atoms with Crippen LogP contribution in [0.5, 0.6) is 0 Å². The molecule has 0 aliphatic carbocycles. The number of rotatable bonds is 3. The van der Waals surface area contributed by atoms with Crippen LogP contribution < -0.4 is 5.73 Å². The van der Waals surface area contributed by atoms with Gasteiger partial charge in [-0.05, 0) is 18.6 Å². The molecule has 2 N–H and O–H groups in total. The van der Waals surface area contributed by atoms with Gasteiger partial charge in [-0.3, -0.25) is 10.1 Å². The first-order valence-electron chi connectivity index (χ1n) is 5.33. The van der Waals surface area contributed by atoms with Crippen LogP contribution in [0.25, 0.3) is 0 Å². The Kier molecular flexibility index (Phi) is 3.09. The first-order chi connectivity index (χ1) is 8.32. The van der Waals surface area contributed by atoms with Crippen LogP contribution in [0.4, 0.5) is 5.69 Å². The Bertz CT molecular complexity index is 593. The van der Waals surface area contributed by atoms with Gasteiger partial charge in [-0.2, -0.15) is 4.31 Å². The maximum Gasteiger partial charge on any atom is 0.269 e. The van der Waals surface area contributed by atoms with Gasteiger partial charge in [0.25, 0.3) is 5.69 Å². The van der Waals surface area contributed by atoms with E-state index in [0.717, 1.165) is 0 Å². The van der Waals surface area contributed by atoms with E-state index in [4.69, 9.17) is 5.73 Å². The van der Waals surface area contributed by atoms with Crippen molar-refractivity contribution in [3.63, 3.8) is 0 Å². The maximum absolute atomic E-state index is 12.2. The molecule has 18 heavy (non-hydrogen) atoms. The molecule has 7 nitrogen and oxygen atoms in total. The summed E-state index contributed by atoms with van der Waals surface area (Å²) in [5.74, 6) is 0. The van der Waals surface area contributed by atoms with Crippen LogP contribution in [-0.2, 0) is 10.0 Å². The smallest absolute Gasteiger partial charge is 0.269 e. The van der Waals surface area contributed by atoms with Crippen LogP contribution in [-0.4, -0.2) is 36.8 Å². The van der Waals surface area contributed by atoms with Gasteiger partial charge < -0.3 is 5.73 Å². The standard InChI is InChI=1S/C10H13N3O4S/c1-7-4-9(13(14)15)2-3-10(7)18(16,17)12-5-8(11)6-12/h2-4,8H,5-6,11H2,1H3. The number of nitrogens with two attached hydrogens (primary N) is 1. The van der Waals surface area contributed by atoms with Crippen LogP contribution >= 0.6 is 0 Å². The highest BCUT2D eigenvalue weighted by atomic mass is 32.2. The zero-order valence-electron chi connectivity index (χ0n) is 9.74. The number of sulfonamides is 1. The van der Waals surface area contributed by atoms with E-state index in [-0.39, 0.29) is 16.6 Å². The average Bonchev–Trinajstić information content (AvgIpc) is 2.24. The fourth-order valence-corrected chi connectivity index (χ4v) is 3.60. The van der Waals surface area contributed by atoms with Crippen molar-refractivity contribution in [3.8, 4) is 0 Å². The second-order valence-electron chi connectivity index (χ2n) is 4.29. The molecule has 1 aliphatic heterocycles. The van der Waals surface area contributed by atoms with E-state index in [1.807, 2.05) is 0 Å². The van der Waals surface area contributed by atoms with E-state index in [2.05, 4.69) is 0 Å². The minimum Gasteiger partial charge on any atom is -0.325 e. The Morgan fingerprint density at radius 3 is 2.50 bits per heavy atom. The zero-order chi connectivity index (χ0) is 13.5. The summed E-state index contributed by atoms with van der Waals surface area (Å²) in [4.78, 5) is 10.1. The van der Waals surface area contributed by atoms with Gasteiger partial charge in [0.05, 0.1) is 9.82 Å². The van der Waals surface area contributed by atoms with E-state index < -0.39 is 14.9 Å². The number of non-ortho nitro benzene ring substituents is 1. The molecule has 1 aromatic carbocycles. The monoisotopic (exact) mass is 271 g/mol. The lowest BCUT2D eigenvalue weighted by molar-refractivity contribution is -0.385. The van der Waals surface area contributed by atoms with Crippen LogP contribution in [0.2, 0.25) is 0 Å². The van der Waals surface area contributed by atoms with Crippen molar-refractivity contribution in [3.05, 3.63) is 33.9 Å². The molecule has 0 unspecified atom stereocenters. The highest BCUT2D eigenvalue weighted by molar-refractivity contribution is 7.89. The fourth-order valence-electron chi connectivity index (χ4n) is 1.84. The first-order valence-corrected chi connectivity index (χ1v) is 6.77. The highest BCUT2D eigenvalue weighted by Crippen LogP contribution is 2.26. The van der Waals surface area contributed by atoms with Gasteiger partial charge in [0.2, 0.25) is 10.0 Å². The summed E-state index contributed by atoms with van der Waals surface area (Å²) in [5.41, 5.74) is 5.80. The van der Waals surface area contributed by atoms with Crippen LogP contribution in [0.3, 0.4) is 0 Å². The number of benzene rings is 1. The number of hydrogen-bond acceptors (Lipinski definition) is 5. The zero-order valence-corrected chi connectivity index (χ0v) is 10.6. The third kappa shape index (κ3) is 2.09. The van der Waals surface area contributed by atoms with Crippen LogP contribution in [0, 0.1) is 17.0 Å². The number of aryl methyl sites for hydroxylation is 1. The molecule has 8 heteroatoms. The van der Waals surface area contributed by atoms with Crippen molar-refractivity contribution in [1.82, 2.24) is 4.31 Å². The van der Waals surface area contributed by atoms with Crippen LogP contribution in [0.15, 0.2) is 23.1 Å². The van der Waals surface area contributed by atoms with Gasteiger partial charge in [-0.15, -0.1) is 0 Å². The van der Waals surface area contributed by atoms with Gasteiger partial charge in [0.1, 0.15) is 0 Å². The lowest BCUT2D eigenvalue weighted by Crippen LogP contribution is -2.57. The third-order valence-electron chi connectivity index (χ3n) is 2.86. The van der Waals surface area contributed by atoms with Gasteiger partial charge in [-0.25, -0.2) is 8.42 Å². The van der Waals surface area contributed by atoms with Crippen molar-refractivity contribution >= 4 is 15.7 Å². The molecule has 1 aromatic rings. The number of hydrogen-bond donors (Lipinski definition) is 1. The lowest BCUT2D eigenvalue weighted by atomic mass is 10.2. The first kappa shape index (κ1) is 12.9. The summed E-state index contributed by atoms with van der Waals surface area (Å²) in [5, 5.41) is 10.6. The second-order valence-corrected chi connectivity index (χ2v) is 6.20. The minimum atomic E-state index is -3.58. The molecule has 1 aliphatic rings. The topological polar surface area (TPSA) is 107 Å². The number of nitrogens with zero attached hydrogens (tertiary/aromatic N) is 2. The van der Waals surface area contributed by atoms with Crippen molar-refractivity contribution < 1.29 is 13.3 Å². The van der Waals surface area contributed by atoms with Gasteiger partial charge >= 0.3 is 0 Å². The molecule has 0 aromatic heterocycles. The predicted octanol–water partition coefficient (Wildman–Crippen LogP) is 0.235. The summed E-state index contributed by atoms with van der Waals surface area (Å²) >= 11 is 0. The lowest BCUT2D eigenvalue weighted by Gasteiger charge is -2.35. The molecule has 0 bridgehead atoms. The highest BCUT2D eigenvalue weighted by Gasteiger charge is 2.35. The van der Waals surface area contributed by atoms with Crippen LogP contribution in [0.1, 0.15) is 5.56 Å². The molecule has 0 radical (unpaired) electrons. The van der Waals surface area contributed by atoms with E-state index in [0.29, 0.717) is 18.7 Å². The maximum atomic E-state index is 12.2. The summed E-state index contributed by atoms with van der Waals surface area (Å²) in [6, 6.07) is 3.59. The largest absolute Gasteiger partial charge is 0.325 e. The molecule has 2 rings (SSSR count). The quantitative estimate of drug-likeness (QED) is 0.625. The SMILES string of the molecule is Cc1cc([N+](=O)[O-])ccc1S(=O)(=O)N1CC(N)C1. The van der Waals surface area contributed by atoms with E-state index in [1.165, 1.54) is 22.5 Å². The fraction of sp³-hybridized carbons (Fsp3) is 0.400. The molecule has 1 heterocycles. The average molecular weight is 271 g/mol. The van der Waals surface area contributed by atoms with Crippen molar-refractivity contribution in [1.29, 1.82) is 0 Å². The van der Waals surface area contributed by atoms with Gasteiger partial charge in [0.15, 0.2) is 0 Å². The Labute approximate surface area is 104 Å². The van der Waals surface area contributed by atoms with E-state index in [9.17, 15) is 18.5 Å². The number of nitro benzene ring substituents is 1. The number of nitro groups is 1. The molecule has 0 amide bonds. The summed E-state index contributed by atoms with van der Waals surface area (Å²) in [6.07, 6.45) is 0. The Morgan fingerprint density at radius 1 is 1.44 bits per heavy atom.